The number of hydrogen-bond donors (Lipinski definition) is 0. The molecule has 1 aliphatic carbocycles. The van der Waals surface area contributed by atoms with Crippen molar-refractivity contribution in [1.82, 2.24) is 0 Å². The van der Waals surface area contributed by atoms with Crippen molar-refractivity contribution >= 4 is 0 Å². The van der Waals surface area contributed by atoms with Crippen LogP contribution in [0.2, 0.25) is 0 Å². The Morgan fingerprint density at radius 3 is 1.69 bits per heavy atom. The van der Waals surface area contributed by atoms with Gasteiger partial charge in [-0.2, -0.15) is 0 Å². The Hall–Kier alpha value is -0.820. The summed E-state index contributed by atoms with van der Waals surface area (Å²) in [6, 6.07) is 0. The van der Waals surface area contributed by atoms with Crippen LogP contribution >= 0.6 is 0 Å². The standard InChI is InChI=1S/C6H10O.C6H10/c1-3-5-7-6-4-2;1-2-4-6-5-3-1/h3-4H,1-2,5-6H2;1-2H,3-6H2. The highest BCUT2D eigenvalue weighted by molar-refractivity contribution is 4.85. The molecule has 0 N–H and O–H groups in total. The molecule has 1 rings (SSSR count). The highest BCUT2D eigenvalue weighted by Crippen LogP contribution is 2.07. The lowest BCUT2D eigenvalue weighted by Gasteiger charge is -1.97. The summed E-state index contributed by atoms with van der Waals surface area (Å²) in [7, 11) is 0. The van der Waals surface area contributed by atoms with Gasteiger partial charge in [-0.1, -0.05) is 24.3 Å². The maximum Gasteiger partial charge on any atom is 0.0649 e. The van der Waals surface area contributed by atoms with E-state index in [2.05, 4.69) is 25.3 Å². The van der Waals surface area contributed by atoms with Crippen LogP contribution in [0, 0.1) is 0 Å². The highest BCUT2D eigenvalue weighted by atomic mass is 16.5. The van der Waals surface area contributed by atoms with Crippen molar-refractivity contribution in [2.75, 3.05) is 13.2 Å². The molecular weight excluding hydrogens is 160 g/mol. The first-order valence-electron chi connectivity index (χ1n) is 4.86. The molecular formula is C12H20O. The Bertz CT molecular complexity index is 131. The van der Waals surface area contributed by atoms with E-state index in [0.717, 1.165) is 0 Å². The summed E-state index contributed by atoms with van der Waals surface area (Å²) in [6.07, 6.45) is 13.4. The van der Waals surface area contributed by atoms with Crippen molar-refractivity contribution < 1.29 is 4.74 Å². The van der Waals surface area contributed by atoms with E-state index in [4.69, 9.17) is 4.74 Å². The predicted octanol–water partition coefficient (Wildman–Crippen LogP) is 3.49. The van der Waals surface area contributed by atoms with Gasteiger partial charge in [0.25, 0.3) is 0 Å². The van der Waals surface area contributed by atoms with Gasteiger partial charge in [-0.3, -0.25) is 0 Å². The Morgan fingerprint density at radius 1 is 1.00 bits per heavy atom. The molecule has 0 aliphatic heterocycles. The molecule has 0 aromatic carbocycles. The van der Waals surface area contributed by atoms with E-state index in [1.54, 1.807) is 12.2 Å². The fourth-order valence-electron chi connectivity index (χ4n) is 0.995. The van der Waals surface area contributed by atoms with Crippen LogP contribution in [-0.2, 0) is 4.74 Å². The lowest BCUT2D eigenvalue weighted by Crippen LogP contribution is -1.87. The Labute approximate surface area is 81.8 Å². The molecule has 0 aromatic heterocycles. The number of ether oxygens (including phenoxy) is 1. The zero-order chi connectivity index (χ0) is 9.78. The molecule has 1 nitrogen and oxygen atoms in total. The third-order valence-corrected chi connectivity index (χ3v) is 1.63. The quantitative estimate of drug-likeness (QED) is 0.475. The van der Waals surface area contributed by atoms with Gasteiger partial charge >= 0.3 is 0 Å². The van der Waals surface area contributed by atoms with Gasteiger partial charge in [0.15, 0.2) is 0 Å². The predicted molar refractivity (Wildman–Crippen MR) is 58.8 cm³/mol. The molecule has 1 aliphatic rings. The summed E-state index contributed by atoms with van der Waals surface area (Å²) in [5.41, 5.74) is 0. The fourth-order valence-corrected chi connectivity index (χ4v) is 0.995. The molecule has 74 valence electrons. The van der Waals surface area contributed by atoms with E-state index >= 15 is 0 Å². The minimum absolute atomic E-state index is 0.617. The Kier molecular flexibility index (Phi) is 10.5. The second kappa shape index (κ2) is 11.2. The third-order valence-electron chi connectivity index (χ3n) is 1.63. The molecule has 0 unspecified atom stereocenters. The molecule has 0 fully saturated rings. The molecule has 0 aromatic rings. The maximum atomic E-state index is 4.90. The van der Waals surface area contributed by atoms with Crippen LogP contribution in [0.1, 0.15) is 25.7 Å². The second-order valence-electron chi connectivity index (χ2n) is 2.87. The van der Waals surface area contributed by atoms with E-state index in [0.29, 0.717) is 13.2 Å². The number of rotatable bonds is 4. The molecule has 0 spiro atoms. The van der Waals surface area contributed by atoms with E-state index in [1.807, 2.05) is 0 Å². The van der Waals surface area contributed by atoms with Crippen LogP contribution in [0.15, 0.2) is 37.5 Å². The molecule has 0 radical (unpaired) electrons. The average molecular weight is 180 g/mol. The topological polar surface area (TPSA) is 9.23 Å². The number of allylic oxidation sites excluding steroid dienone is 2. The molecule has 0 saturated carbocycles. The van der Waals surface area contributed by atoms with E-state index in [1.165, 1.54) is 25.7 Å². The maximum absolute atomic E-state index is 4.90. The highest BCUT2D eigenvalue weighted by Gasteiger charge is 1.87. The van der Waals surface area contributed by atoms with Crippen LogP contribution in [0.5, 0.6) is 0 Å². The molecule has 1 heteroatoms. The smallest absolute Gasteiger partial charge is 0.0649 e. The summed E-state index contributed by atoms with van der Waals surface area (Å²) in [5.74, 6) is 0. The summed E-state index contributed by atoms with van der Waals surface area (Å²) in [5, 5.41) is 0. The monoisotopic (exact) mass is 180 g/mol. The van der Waals surface area contributed by atoms with Gasteiger partial charge in [-0.05, 0) is 25.7 Å². The van der Waals surface area contributed by atoms with E-state index in [9.17, 15) is 0 Å². The van der Waals surface area contributed by atoms with Gasteiger partial charge in [-0.25, -0.2) is 0 Å². The van der Waals surface area contributed by atoms with Gasteiger partial charge in [0.2, 0.25) is 0 Å². The van der Waals surface area contributed by atoms with Gasteiger partial charge in [0.05, 0.1) is 13.2 Å². The van der Waals surface area contributed by atoms with Crippen molar-refractivity contribution in [3.8, 4) is 0 Å². The van der Waals surface area contributed by atoms with Gasteiger partial charge in [0, 0.05) is 0 Å². The largest absolute Gasteiger partial charge is 0.373 e. The van der Waals surface area contributed by atoms with Crippen molar-refractivity contribution in [2.45, 2.75) is 25.7 Å². The van der Waals surface area contributed by atoms with E-state index < -0.39 is 0 Å². The first-order chi connectivity index (χ1) is 6.41. The summed E-state index contributed by atoms with van der Waals surface area (Å²) in [4.78, 5) is 0. The van der Waals surface area contributed by atoms with E-state index in [-0.39, 0.29) is 0 Å². The normalized spacial score (nSPS) is 14.2. The minimum Gasteiger partial charge on any atom is -0.373 e. The van der Waals surface area contributed by atoms with Crippen molar-refractivity contribution in [3.63, 3.8) is 0 Å². The summed E-state index contributed by atoms with van der Waals surface area (Å²) in [6.45, 7) is 8.18. The first kappa shape index (κ1) is 12.2. The summed E-state index contributed by atoms with van der Waals surface area (Å²) >= 11 is 0. The van der Waals surface area contributed by atoms with Crippen molar-refractivity contribution in [1.29, 1.82) is 0 Å². The molecule has 0 bridgehead atoms. The van der Waals surface area contributed by atoms with Gasteiger partial charge in [-0.15, -0.1) is 13.2 Å². The van der Waals surface area contributed by atoms with Crippen LogP contribution in [0.3, 0.4) is 0 Å². The third kappa shape index (κ3) is 11.2. The number of hydrogen-bond acceptors (Lipinski definition) is 1. The molecule has 0 saturated heterocycles. The zero-order valence-corrected chi connectivity index (χ0v) is 8.37. The van der Waals surface area contributed by atoms with Crippen LogP contribution < -0.4 is 0 Å². The molecule has 0 amide bonds. The van der Waals surface area contributed by atoms with Crippen molar-refractivity contribution in [2.24, 2.45) is 0 Å². The molecule has 13 heavy (non-hydrogen) atoms. The lowest BCUT2D eigenvalue weighted by molar-refractivity contribution is 0.194. The summed E-state index contributed by atoms with van der Waals surface area (Å²) < 4.78 is 4.90. The zero-order valence-electron chi connectivity index (χ0n) is 8.37. The molecule has 0 atom stereocenters. The van der Waals surface area contributed by atoms with Crippen LogP contribution in [0.4, 0.5) is 0 Å². The Morgan fingerprint density at radius 2 is 1.46 bits per heavy atom. The van der Waals surface area contributed by atoms with Crippen molar-refractivity contribution in [3.05, 3.63) is 37.5 Å². The van der Waals surface area contributed by atoms with Gasteiger partial charge < -0.3 is 4.74 Å². The second-order valence-corrected chi connectivity index (χ2v) is 2.87. The fraction of sp³-hybridized carbons (Fsp3) is 0.500. The minimum atomic E-state index is 0.617. The van der Waals surface area contributed by atoms with Crippen LogP contribution in [0.25, 0.3) is 0 Å². The molecule has 0 heterocycles. The van der Waals surface area contributed by atoms with Crippen LogP contribution in [-0.4, -0.2) is 13.2 Å². The first-order valence-corrected chi connectivity index (χ1v) is 4.86. The van der Waals surface area contributed by atoms with Gasteiger partial charge in [0.1, 0.15) is 0 Å². The average Bonchev–Trinajstić information content (AvgIpc) is 2.22. The Balaban J connectivity index is 0.000000223. The SMILES string of the molecule is C1=CCCCC1.C=CCOCC=C. The lowest BCUT2D eigenvalue weighted by atomic mass is 10.1.